The highest BCUT2D eigenvalue weighted by molar-refractivity contribution is 7.16. The molecule has 2 N–H and O–H groups in total. The van der Waals surface area contributed by atoms with E-state index in [-0.39, 0.29) is 0 Å². The van der Waals surface area contributed by atoms with Crippen LogP contribution in [0.3, 0.4) is 0 Å². The normalized spacial score (nSPS) is 13.3. The number of nitriles is 1. The van der Waals surface area contributed by atoms with E-state index in [1.165, 1.54) is 11.3 Å². The Kier molecular flexibility index (Phi) is 4.05. The number of pyridine rings is 1. The van der Waals surface area contributed by atoms with E-state index in [9.17, 15) is 5.26 Å². The van der Waals surface area contributed by atoms with Gasteiger partial charge in [-0.1, -0.05) is 0 Å². The molecular weight excluding hydrogens is 344 g/mol. The summed E-state index contributed by atoms with van der Waals surface area (Å²) >= 11 is 1.51. The number of nitrogen functional groups attached to an aromatic ring is 1. The van der Waals surface area contributed by atoms with Crippen LogP contribution in [0.1, 0.15) is 27.3 Å². The molecule has 7 heteroatoms. The summed E-state index contributed by atoms with van der Waals surface area (Å²) in [7, 11) is 0. The number of fused-ring (bicyclic) bond motifs is 1. The number of aromatic nitrogens is 3. The summed E-state index contributed by atoms with van der Waals surface area (Å²) in [4.78, 5) is 17.0. The molecule has 4 heterocycles. The van der Waals surface area contributed by atoms with Crippen molar-refractivity contribution < 1.29 is 0 Å². The first kappa shape index (κ1) is 16.5. The van der Waals surface area contributed by atoms with Gasteiger partial charge in [-0.3, -0.25) is 4.98 Å². The van der Waals surface area contributed by atoms with Gasteiger partial charge < -0.3 is 10.6 Å². The van der Waals surface area contributed by atoms with Crippen molar-refractivity contribution in [2.75, 3.05) is 17.2 Å². The monoisotopic (exact) mass is 362 g/mol. The predicted molar refractivity (Wildman–Crippen MR) is 103 cm³/mol. The maximum Gasteiger partial charge on any atom is 0.163 e. The lowest BCUT2D eigenvalue weighted by molar-refractivity contribution is 0.726. The summed E-state index contributed by atoms with van der Waals surface area (Å²) in [5.74, 6) is 1.62. The predicted octanol–water partition coefficient (Wildman–Crippen LogP) is 3.23. The zero-order valence-corrected chi connectivity index (χ0v) is 15.5. The summed E-state index contributed by atoms with van der Waals surface area (Å²) in [6.45, 7) is 5.58. The van der Waals surface area contributed by atoms with Crippen molar-refractivity contribution in [1.29, 1.82) is 5.26 Å². The molecule has 4 rings (SSSR count). The second-order valence-corrected chi connectivity index (χ2v) is 7.49. The van der Waals surface area contributed by atoms with Crippen molar-refractivity contribution in [3.63, 3.8) is 0 Å². The van der Waals surface area contributed by atoms with Gasteiger partial charge in [0, 0.05) is 40.6 Å². The van der Waals surface area contributed by atoms with Crippen LogP contribution in [0, 0.1) is 25.2 Å². The molecule has 3 aromatic heterocycles. The lowest BCUT2D eigenvalue weighted by atomic mass is 10.0. The smallest absolute Gasteiger partial charge is 0.163 e. The van der Waals surface area contributed by atoms with E-state index < -0.39 is 0 Å². The Hall–Kier alpha value is -2.98. The minimum atomic E-state index is 0.617. The van der Waals surface area contributed by atoms with Crippen LogP contribution in [0.4, 0.5) is 10.8 Å². The Morgan fingerprint density at radius 2 is 2.15 bits per heavy atom. The van der Waals surface area contributed by atoms with E-state index >= 15 is 0 Å². The van der Waals surface area contributed by atoms with Crippen LogP contribution in [0.5, 0.6) is 0 Å². The molecule has 0 amide bonds. The van der Waals surface area contributed by atoms with E-state index in [1.807, 2.05) is 19.1 Å². The fraction of sp³-hybridized carbons (Fsp3) is 0.263. The SMILES string of the molecule is Cc1nc(-c2cccnc2)nc(N2CCc3c(sc(N)c3C#N)C2)c1C. The van der Waals surface area contributed by atoms with Crippen molar-refractivity contribution in [2.45, 2.75) is 26.8 Å². The summed E-state index contributed by atoms with van der Waals surface area (Å²) in [5, 5.41) is 9.94. The third-order valence-corrected chi connectivity index (χ3v) is 5.82. The van der Waals surface area contributed by atoms with E-state index in [1.54, 1.807) is 12.4 Å². The molecule has 0 fully saturated rings. The van der Waals surface area contributed by atoms with Crippen LogP contribution in [-0.2, 0) is 13.0 Å². The zero-order valence-electron chi connectivity index (χ0n) is 14.7. The van der Waals surface area contributed by atoms with Gasteiger partial charge in [-0.2, -0.15) is 5.26 Å². The van der Waals surface area contributed by atoms with Crippen LogP contribution in [0.25, 0.3) is 11.4 Å². The Morgan fingerprint density at radius 3 is 2.88 bits per heavy atom. The van der Waals surface area contributed by atoms with Crippen molar-refractivity contribution in [1.82, 2.24) is 15.0 Å². The molecule has 0 aromatic carbocycles. The third kappa shape index (κ3) is 2.68. The molecule has 0 bridgehead atoms. The van der Waals surface area contributed by atoms with E-state index in [2.05, 4.69) is 27.9 Å². The molecule has 0 atom stereocenters. The van der Waals surface area contributed by atoms with Crippen molar-refractivity contribution >= 4 is 22.2 Å². The van der Waals surface area contributed by atoms with Gasteiger partial charge in [-0.15, -0.1) is 11.3 Å². The number of nitrogens with two attached hydrogens (primary N) is 1. The summed E-state index contributed by atoms with van der Waals surface area (Å²) in [6, 6.07) is 6.10. The third-order valence-electron chi connectivity index (χ3n) is 4.78. The number of aryl methyl sites for hydroxylation is 1. The minimum absolute atomic E-state index is 0.617. The zero-order chi connectivity index (χ0) is 18.3. The van der Waals surface area contributed by atoms with Gasteiger partial charge in [-0.25, -0.2) is 9.97 Å². The van der Waals surface area contributed by atoms with E-state index in [4.69, 9.17) is 10.7 Å². The molecule has 1 aliphatic heterocycles. The Balaban J connectivity index is 1.74. The second kappa shape index (κ2) is 6.39. The van der Waals surface area contributed by atoms with Crippen LogP contribution in [0.2, 0.25) is 0 Å². The first-order chi connectivity index (χ1) is 12.6. The van der Waals surface area contributed by atoms with Gasteiger partial charge in [0.15, 0.2) is 5.82 Å². The fourth-order valence-corrected chi connectivity index (χ4v) is 4.36. The van der Waals surface area contributed by atoms with Crippen LogP contribution in [-0.4, -0.2) is 21.5 Å². The molecule has 0 saturated carbocycles. The molecule has 0 spiro atoms. The molecule has 130 valence electrons. The Labute approximate surface area is 156 Å². The van der Waals surface area contributed by atoms with Crippen LogP contribution in [0.15, 0.2) is 24.5 Å². The number of rotatable bonds is 2. The lowest BCUT2D eigenvalue weighted by Crippen LogP contribution is -2.31. The maximum atomic E-state index is 9.33. The number of nitrogens with zero attached hydrogens (tertiary/aromatic N) is 5. The summed E-state index contributed by atoms with van der Waals surface area (Å²) in [5.41, 5.74) is 10.7. The van der Waals surface area contributed by atoms with E-state index in [0.29, 0.717) is 16.4 Å². The molecule has 0 radical (unpaired) electrons. The molecule has 6 nitrogen and oxygen atoms in total. The maximum absolute atomic E-state index is 9.33. The topological polar surface area (TPSA) is 91.7 Å². The van der Waals surface area contributed by atoms with Crippen molar-refractivity contribution in [3.05, 3.63) is 51.8 Å². The van der Waals surface area contributed by atoms with Crippen molar-refractivity contribution in [2.24, 2.45) is 0 Å². The molecule has 26 heavy (non-hydrogen) atoms. The first-order valence-corrected chi connectivity index (χ1v) is 9.21. The second-order valence-electron chi connectivity index (χ2n) is 6.35. The molecule has 3 aromatic rings. The van der Waals surface area contributed by atoms with Crippen molar-refractivity contribution in [3.8, 4) is 17.5 Å². The Morgan fingerprint density at radius 1 is 1.31 bits per heavy atom. The highest BCUT2D eigenvalue weighted by atomic mass is 32.1. The lowest BCUT2D eigenvalue weighted by Gasteiger charge is -2.29. The molecule has 1 aliphatic rings. The molecule has 0 aliphatic carbocycles. The van der Waals surface area contributed by atoms with Gasteiger partial charge >= 0.3 is 0 Å². The summed E-state index contributed by atoms with van der Waals surface area (Å²) < 4.78 is 0. The first-order valence-electron chi connectivity index (χ1n) is 8.39. The molecular formula is C19H18N6S. The van der Waals surface area contributed by atoms with Gasteiger partial charge in [-0.05, 0) is 38.0 Å². The largest absolute Gasteiger partial charge is 0.389 e. The van der Waals surface area contributed by atoms with Crippen LogP contribution < -0.4 is 10.6 Å². The fourth-order valence-electron chi connectivity index (χ4n) is 3.27. The number of anilines is 2. The van der Waals surface area contributed by atoms with Gasteiger partial charge in [0.25, 0.3) is 0 Å². The summed E-state index contributed by atoms with van der Waals surface area (Å²) in [6.07, 6.45) is 4.32. The molecule has 0 unspecified atom stereocenters. The van der Waals surface area contributed by atoms with E-state index in [0.717, 1.165) is 52.6 Å². The molecule has 0 saturated heterocycles. The number of hydrogen-bond acceptors (Lipinski definition) is 7. The highest BCUT2D eigenvalue weighted by Gasteiger charge is 2.26. The number of thiophene rings is 1. The quantitative estimate of drug-likeness (QED) is 0.752. The highest BCUT2D eigenvalue weighted by Crippen LogP contribution is 2.36. The Bertz CT molecular complexity index is 1020. The minimum Gasteiger partial charge on any atom is -0.389 e. The standard InChI is InChI=1S/C19H18N6S/c1-11-12(2)23-18(13-4-3-6-22-9-13)24-19(11)25-7-5-14-15(8-20)17(21)26-16(14)10-25/h3-4,6,9H,5,7,10,21H2,1-2H3. The average Bonchev–Trinajstić information content (AvgIpc) is 2.98. The number of hydrogen-bond donors (Lipinski definition) is 1. The van der Waals surface area contributed by atoms with Gasteiger partial charge in [0.1, 0.15) is 16.9 Å². The van der Waals surface area contributed by atoms with Gasteiger partial charge in [0.2, 0.25) is 0 Å². The van der Waals surface area contributed by atoms with Crippen LogP contribution >= 0.6 is 11.3 Å². The van der Waals surface area contributed by atoms with Gasteiger partial charge in [0.05, 0.1) is 12.1 Å². The average molecular weight is 362 g/mol.